The largest absolute Gasteiger partial charge is 0.481 e. The Hall–Kier alpha value is -3.23. The van der Waals surface area contributed by atoms with Crippen LogP contribution in [0.3, 0.4) is 0 Å². The average molecular weight is 499 g/mol. The number of carbonyl (C=O) groups excluding carboxylic acids is 1. The van der Waals surface area contributed by atoms with Gasteiger partial charge in [0.15, 0.2) is 11.6 Å². The van der Waals surface area contributed by atoms with Gasteiger partial charge in [-0.3, -0.25) is 4.79 Å². The summed E-state index contributed by atoms with van der Waals surface area (Å²) >= 11 is 0. The second-order valence-corrected chi connectivity index (χ2v) is 9.80. The van der Waals surface area contributed by atoms with Crippen LogP contribution >= 0.6 is 0 Å². The molecule has 2 heterocycles. The molecule has 2 fully saturated rings. The van der Waals surface area contributed by atoms with Crippen LogP contribution < -0.4 is 14.8 Å². The van der Waals surface area contributed by atoms with E-state index in [4.69, 9.17) is 14.5 Å². The molecule has 7 nitrogen and oxygen atoms in total. The van der Waals surface area contributed by atoms with Crippen molar-refractivity contribution in [2.24, 2.45) is 5.92 Å². The van der Waals surface area contributed by atoms with E-state index >= 15 is 0 Å². The molecular weight excluding hydrogens is 466 g/mol. The van der Waals surface area contributed by atoms with Crippen molar-refractivity contribution in [3.63, 3.8) is 0 Å². The Morgan fingerprint density at radius 2 is 1.67 bits per heavy atom. The summed E-state index contributed by atoms with van der Waals surface area (Å²) < 4.78 is 41.4. The number of hydrogen-bond donors (Lipinski definition) is 1. The highest BCUT2D eigenvalue weighted by Gasteiger charge is 2.36. The molecule has 0 radical (unpaired) electrons. The molecule has 192 valence electrons. The van der Waals surface area contributed by atoms with E-state index in [-0.39, 0.29) is 29.3 Å². The molecule has 1 amide bonds. The third kappa shape index (κ3) is 4.63. The fourth-order valence-corrected chi connectivity index (χ4v) is 5.77. The Balaban J connectivity index is 1.71. The zero-order valence-electron chi connectivity index (χ0n) is 20.7. The third-order valence-corrected chi connectivity index (χ3v) is 7.55. The topological polar surface area (TPSA) is 78.3 Å². The van der Waals surface area contributed by atoms with Gasteiger partial charge in [0, 0.05) is 24.2 Å². The minimum Gasteiger partial charge on any atom is -0.481 e. The highest BCUT2D eigenvalue weighted by atomic mass is 19.2. The van der Waals surface area contributed by atoms with E-state index in [1.54, 1.807) is 16.7 Å². The zero-order chi connectivity index (χ0) is 25.2. The Kier molecular flexibility index (Phi) is 7.07. The first-order chi connectivity index (χ1) is 17.5. The highest BCUT2D eigenvalue weighted by molar-refractivity contribution is 5.88. The first kappa shape index (κ1) is 24.5. The molecule has 0 spiro atoms. The second kappa shape index (κ2) is 10.4. The molecule has 2 saturated carbocycles. The second-order valence-electron chi connectivity index (χ2n) is 9.80. The number of nitrogens with one attached hydrogen (secondary N) is 1. The average Bonchev–Trinajstić information content (AvgIpc) is 3.53. The van der Waals surface area contributed by atoms with E-state index < -0.39 is 17.7 Å². The summed E-state index contributed by atoms with van der Waals surface area (Å²) in [7, 11) is 3.00. The summed E-state index contributed by atoms with van der Waals surface area (Å²) in [5.41, 5.74) is 1.17. The number of ether oxygens (including phenoxy) is 2. The molecule has 0 unspecified atom stereocenters. The number of amides is 1. The van der Waals surface area contributed by atoms with E-state index in [0.29, 0.717) is 22.8 Å². The minimum absolute atomic E-state index is 0.0432. The molecule has 1 atom stereocenters. The number of benzene rings is 1. The molecule has 2 aliphatic rings. The molecule has 5 rings (SSSR count). The van der Waals surface area contributed by atoms with Crippen molar-refractivity contribution in [2.45, 2.75) is 69.9 Å². The Morgan fingerprint density at radius 1 is 0.972 bits per heavy atom. The van der Waals surface area contributed by atoms with Gasteiger partial charge in [-0.2, -0.15) is 4.98 Å². The van der Waals surface area contributed by atoms with Gasteiger partial charge in [0.25, 0.3) is 0 Å². The number of hydrogen-bond acceptors (Lipinski definition) is 5. The number of aromatic nitrogens is 3. The van der Waals surface area contributed by atoms with Crippen LogP contribution in [-0.4, -0.2) is 40.7 Å². The van der Waals surface area contributed by atoms with Crippen LogP contribution in [0.2, 0.25) is 0 Å². The van der Waals surface area contributed by atoms with Crippen molar-refractivity contribution in [3.05, 3.63) is 35.9 Å². The first-order valence-corrected chi connectivity index (χ1v) is 12.8. The maximum Gasteiger partial charge on any atom is 0.243 e. The van der Waals surface area contributed by atoms with Crippen molar-refractivity contribution < 1.29 is 23.0 Å². The quantitative estimate of drug-likeness (QED) is 0.461. The van der Waals surface area contributed by atoms with E-state index in [9.17, 15) is 13.6 Å². The minimum atomic E-state index is -0.983. The molecule has 2 aromatic heterocycles. The third-order valence-electron chi connectivity index (χ3n) is 7.55. The highest BCUT2D eigenvalue weighted by Crippen LogP contribution is 2.41. The molecule has 0 saturated heterocycles. The standard InChI is InChI=1S/C27H32F2N4O3/c1-35-23-13-12-18(27(32-23)36-2)25-31-21-14-19(28)20(29)15-22(21)33(25)24(16-8-4-3-5-9-16)26(34)30-17-10-6-7-11-17/h12-17,24H,3-11H2,1-2H3,(H,30,34)/t24-/m0/s1. The first-order valence-electron chi connectivity index (χ1n) is 12.8. The van der Waals surface area contributed by atoms with Gasteiger partial charge in [-0.1, -0.05) is 32.1 Å². The maximum absolute atomic E-state index is 14.5. The van der Waals surface area contributed by atoms with E-state index in [2.05, 4.69) is 10.3 Å². The van der Waals surface area contributed by atoms with Gasteiger partial charge in [-0.15, -0.1) is 0 Å². The van der Waals surface area contributed by atoms with Crippen molar-refractivity contribution in [1.82, 2.24) is 19.9 Å². The molecule has 1 N–H and O–H groups in total. The Bertz CT molecular complexity index is 1250. The van der Waals surface area contributed by atoms with Gasteiger partial charge in [-0.25, -0.2) is 13.8 Å². The number of methoxy groups -OCH3 is 2. The molecule has 1 aromatic carbocycles. The number of halogens is 2. The van der Waals surface area contributed by atoms with Gasteiger partial charge in [0.1, 0.15) is 11.9 Å². The van der Waals surface area contributed by atoms with E-state index in [0.717, 1.165) is 69.9 Å². The van der Waals surface area contributed by atoms with E-state index in [1.165, 1.54) is 14.2 Å². The molecule has 0 aliphatic heterocycles. The predicted octanol–water partition coefficient (Wildman–Crippen LogP) is 5.57. The number of nitrogens with zero attached hydrogens (tertiary/aromatic N) is 3. The van der Waals surface area contributed by atoms with Crippen LogP contribution in [0.1, 0.15) is 63.8 Å². The van der Waals surface area contributed by atoms with E-state index in [1.807, 2.05) is 0 Å². The SMILES string of the molecule is COc1ccc(-c2nc3cc(F)c(F)cc3n2[C@H](C(=O)NC2CCCC2)C2CCCCC2)c(OC)n1. The predicted molar refractivity (Wildman–Crippen MR) is 132 cm³/mol. The summed E-state index contributed by atoms with van der Waals surface area (Å²) in [5, 5.41) is 3.26. The van der Waals surface area contributed by atoms with Crippen LogP contribution in [0, 0.1) is 17.6 Å². The van der Waals surface area contributed by atoms with Gasteiger partial charge >= 0.3 is 0 Å². The summed E-state index contributed by atoms with van der Waals surface area (Å²) in [6.45, 7) is 0. The molecule has 2 aliphatic carbocycles. The van der Waals surface area contributed by atoms with Crippen LogP contribution in [0.25, 0.3) is 22.4 Å². The summed E-state index contributed by atoms with van der Waals surface area (Å²) in [4.78, 5) is 23.0. The van der Waals surface area contributed by atoms with Gasteiger partial charge in [-0.05, 0) is 37.7 Å². The number of carbonyl (C=O) groups is 1. The van der Waals surface area contributed by atoms with Crippen LogP contribution in [0.15, 0.2) is 24.3 Å². The zero-order valence-corrected chi connectivity index (χ0v) is 20.7. The van der Waals surface area contributed by atoms with Crippen LogP contribution in [0.4, 0.5) is 8.78 Å². The van der Waals surface area contributed by atoms with Gasteiger partial charge in [0.2, 0.25) is 17.7 Å². The van der Waals surface area contributed by atoms with Crippen molar-refractivity contribution in [3.8, 4) is 23.1 Å². The van der Waals surface area contributed by atoms with Crippen molar-refractivity contribution in [2.75, 3.05) is 14.2 Å². The van der Waals surface area contributed by atoms with Gasteiger partial charge in [0.05, 0.1) is 30.8 Å². The van der Waals surface area contributed by atoms with Crippen molar-refractivity contribution >= 4 is 16.9 Å². The normalized spacial score (nSPS) is 17.9. The molecule has 3 aromatic rings. The molecule has 36 heavy (non-hydrogen) atoms. The summed E-state index contributed by atoms with van der Waals surface area (Å²) in [5.74, 6) is -1.01. The Labute approximate surface area is 209 Å². The van der Waals surface area contributed by atoms with Crippen LogP contribution in [0.5, 0.6) is 11.8 Å². The smallest absolute Gasteiger partial charge is 0.243 e. The lowest BCUT2D eigenvalue weighted by molar-refractivity contribution is -0.126. The monoisotopic (exact) mass is 498 g/mol. The molecule has 9 heteroatoms. The number of fused-ring (bicyclic) bond motifs is 1. The maximum atomic E-state index is 14.5. The van der Waals surface area contributed by atoms with Crippen molar-refractivity contribution in [1.29, 1.82) is 0 Å². The van der Waals surface area contributed by atoms with Gasteiger partial charge < -0.3 is 19.4 Å². The number of imidazole rings is 1. The van der Waals surface area contributed by atoms with Crippen LogP contribution in [-0.2, 0) is 4.79 Å². The summed E-state index contributed by atoms with van der Waals surface area (Å²) in [6.07, 6.45) is 9.03. The number of pyridine rings is 1. The molecule has 0 bridgehead atoms. The lowest BCUT2D eigenvalue weighted by atomic mass is 9.83. The fourth-order valence-electron chi connectivity index (χ4n) is 5.77. The molecular formula is C27H32F2N4O3. The fraction of sp³-hybridized carbons (Fsp3) is 0.519. The lowest BCUT2D eigenvalue weighted by Gasteiger charge is -2.32. The number of rotatable bonds is 7. The lowest BCUT2D eigenvalue weighted by Crippen LogP contribution is -2.42. The summed E-state index contributed by atoms with van der Waals surface area (Å²) in [6, 6.07) is 5.17. The Morgan fingerprint density at radius 3 is 2.36 bits per heavy atom.